The van der Waals surface area contributed by atoms with Gasteiger partial charge in [-0.05, 0) is 18.6 Å². The molecule has 0 fully saturated rings. The molecule has 1 aromatic heterocycles. The Morgan fingerprint density at radius 1 is 1.04 bits per heavy atom. The SMILES string of the molecule is CCCCc1n(CC(=O)c2ccccc2)c2ccccc2[n+]1C. The van der Waals surface area contributed by atoms with Gasteiger partial charge in [0.05, 0.1) is 7.05 Å². The number of carbonyl (C=O) groups excluding carboxylic acids is 1. The number of hydrogen-bond donors (Lipinski definition) is 0. The Labute approximate surface area is 137 Å². The number of unbranched alkanes of at least 4 members (excludes halogenated alkanes) is 1. The fourth-order valence-electron chi connectivity index (χ4n) is 3.11. The third kappa shape index (κ3) is 3.04. The standard InChI is InChI=1S/C20H23N2O/c1-3-4-14-20-21(2)17-12-8-9-13-18(17)22(20)15-19(23)16-10-6-5-7-11-16/h5-13H,3-4,14-15H2,1-2H3/q+1. The van der Waals surface area contributed by atoms with E-state index in [0.717, 1.165) is 30.3 Å². The van der Waals surface area contributed by atoms with Crippen LogP contribution in [-0.2, 0) is 20.0 Å². The van der Waals surface area contributed by atoms with E-state index in [0.29, 0.717) is 6.54 Å². The van der Waals surface area contributed by atoms with E-state index >= 15 is 0 Å². The monoisotopic (exact) mass is 307 g/mol. The van der Waals surface area contributed by atoms with Crippen LogP contribution < -0.4 is 4.57 Å². The average molecular weight is 307 g/mol. The van der Waals surface area contributed by atoms with Crippen LogP contribution in [0, 0.1) is 0 Å². The second kappa shape index (κ2) is 6.78. The second-order valence-electron chi connectivity index (χ2n) is 5.94. The number of imidazole rings is 1. The number of Topliss-reactive ketones (excluding diaryl/α,β-unsaturated/α-hetero) is 1. The molecular weight excluding hydrogens is 284 g/mol. The quantitative estimate of drug-likeness (QED) is 0.504. The minimum absolute atomic E-state index is 0.157. The zero-order valence-electron chi connectivity index (χ0n) is 13.8. The number of fused-ring (bicyclic) bond motifs is 1. The molecule has 118 valence electrons. The molecule has 0 amide bonds. The highest BCUT2D eigenvalue weighted by Crippen LogP contribution is 2.17. The number of aromatic nitrogens is 2. The molecule has 0 unspecified atom stereocenters. The lowest BCUT2D eigenvalue weighted by Gasteiger charge is -2.03. The Morgan fingerprint density at radius 2 is 1.74 bits per heavy atom. The van der Waals surface area contributed by atoms with Crippen molar-refractivity contribution in [2.24, 2.45) is 7.05 Å². The number of benzene rings is 2. The maximum atomic E-state index is 12.7. The van der Waals surface area contributed by atoms with E-state index in [-0.39, 0.29) is 5.78 Å². The van der Waals surface area contributed by atoms with Gasteiger partial charge in [-0.1, -0.05) is 55.8 Å². The first-order valence-electron chi connectivity index (χ1n) is 8.26. The summed E-state index contributed by atoms with van der Waals surface area (Å²) in [5.74, 6) is 1.38. The molecule has 0 atom stereocenters. The Kier molecular flexibility index (Phi) is 4.56. The molecule has 1 heterocycles. The van der Waals surface area contributed by atoms with Crippen LogP contribution in [0.25, 0.3) is 11.0 Å². The highest BCUT2D eigenvalue weighted by atomic mass is 16.1. The van der Waals surface area contributed by atoms with Crippen LogP contribution in [0.3, 0.4) is 0 Å². The Morgan fingerprint density at radius 3 is 2.48 bits per heavy atom. The third-order valence-corrected chi connectivity index (χ3v) is 4.38. The molecule has 3 nitrogen and oxygen atoms in total. The summed E-state index contributed by atoms with van der Waals surface area (Å²) in [5, 5.41) is 0. The number of ketones is 1. The molecule has 0 saturated heterocycles. The van der Waals surface area contributed by atoms with Gasteiger partial charge in [0.2, 0.25) is 5.78 Å². The highest BCUT2D eigenvalue weighted by molar-refractivity contribution is 5.96. The first-order chi connectivity index (χ1) is 11.2. The van der Waals surface area contributed by atoms with Crippen molar-refractivity contribution in [1.29, 1.82) is 0 Å². The number of aryl methyl sites for hydroxylation is 1. The van der Waals surface area contributed by atoms with Crippen molar-refractivity contribution in [3.05, 3.63) is 66.0 Å². The molecular formula is C20H23N2O+. The lowest BCUT2D eigenvalue weighted by Crippen LogP contribution is -2.33. The van der Waals surface area contributed by atoms with Crippen LogP contribution in [0.15, 0.2) is 54.6 Å². The van der Waals surface area contributed by atoms with Gasteiger partial charge in [0.15, 0.2) is 17.6 Å². The maximum absolute atomic E-state index is 12.7. The molecule has 0 aliphatic rings. The molecule has 3 rings (SSSR count). The van der Waals surface area contributed by atoms with Crippen molar-refractivity contribution < 1.29 is 9.36 Å². The Hall–Kier alpha value is -2.42. The smallest absolute Gasteiger partial charge is 0.257 e. The van der Waals surface area contributed by atoms with E-state index in [2.05, 4.69) is 41.3 Å². The largest absolute Gasteiger partial charge is 0.290 e. The zero-order chi connectivity index (χ0) is 16.2. The van der Waals surface area contributed by atoms with Gasteiger partial charge < -0.3 is 0 Å². The number of hydrogen-bond acceptors (Lipinski definition) is 1. The van der Waals surface area contributed by atoms with E-state index in [1.54, 1.807) is 0 Å². The number of nitrogens with zero attached hydrogens (tertiary/aromatic N) is 2. The van der Waals surface area contributed by atoms with Crippen LogP contribution in [-0.4, -0.2) is 10.4 Å². The van der Waals surface area contributed by atoms with Crippen molar-refractivity contribution in [3.63, 3.8) is 0 Å². The van der Waals surface area contributed by atoms with Crippen LogP contribution in [0.2, 0.25) is 0 Å². The summed E-state index contributed by atoms with van der Waals surface area (Å²) in [5.41, 5.74) is 3.08. The van der Waals surface area contributed by atoms with Crippen LogP contribution in [0.5, 0.6) is 0 Å². The highest BCUT2D eigenvalue weighted by Gasteiger charge is 2.24. The first-order valence-corrected chi connectivity index (χ1v) is 8.26. The first kappa shape index (κ1) is 15.5. The Balaban J connectivity index is 2.03. The van der Waals surface area contributed by atoms with Gasteiger partial charge in [0, 0.05) is 12.0 Å². The number of para-hydroxylation sites is 2. The summed E-state index contributed by atoms with van der Waals surface area (Å²) in [4.78, 5) is 12.7. The van der Waals surface area contributed by atoms with E-state index in [1.807, 2.05) is 36.4 Å². The van der Waals surface area contributed by atoms with Crippen molar-refractivity contribution >= 4 is 16.8 Å². The van der Waals surface area contributed by atoms with Crippen LogP contribution in [0.1, 0.15) is 35.9 Å². The Bertz CT molecular complexity index is 818. The van der Waals surface area contributed by atoms with Gasteiger partial charge in [-0.2, -0.15) is 0 Å². The van der Waals surface area contributed by atoms with Gasteiger partial charge in [0.25, 0.3) is 5.82 Å². The summed E-state index contributed by atoms with van der Waals surface area (Å²) < 4.78 is 4.41. The second-order valence-corrected chi connectivity index (χ2v) is 5.94. The third-order valence-electron chi connectivity index (χ3n) is 4.38. The number of rotatable bonds is 6. The number of carbonyl (C=O) groups is 1. The van der Waals surface area contributed by atoms with Crippen molar-refractivity contribution in [3.8, 4) is 0 Å². The average Bonchev–Trinajstić information content (AvgIpc) is 2.86. The summed E-state index contributed by atoms with van der Waals surface area (Å²) in [7, 11) is 2.09. The minimum Gasteiger partial charge on any atom is -0.290 e. The van der Waals surface area contributed by atoms with E-state index in [4.69, 9.17) is 0 Å². The molecule has 3 aromatic rings. The topological polar surface area (TPSA) is 25.9 Å². The van der Waals surface area contributed by atoms with E-state index in [9.17, 15) is 4.79 Å². The molecule has 0 radical (unpaired) electrons. The fourth-order valence-corrected chi connectivity index (χ4v) is 3.11. The lowest BCUT2D eigenvalue weighted by atomic mass is 10.1. The summed E-state index contributed by atoms with van der Waals surface area (Å²) in [6.45, 7) is 2.59. The van der Waals surface area contributed by atoms with Gasteiger partial charge in [-0.25, -0.2) is 9.13 Å². The van der Waals surface area contributed by atoms with Gasteiger partial charge in [-0.3, -0.25) is 4.79 Å². The molecule has 2 aromatic carbocycles. The van der Waals surface area contributed by atoms with E-state index in [1.165, 1.54) is 11.3 Å². The summed E-state index contributed by atoms with van der Waals surface area (Å²) >= 11 is 0. The molecule has 0 N–H and O–H groups in total. The molecule has 0 aliphatic carbocycles. The van der Waals surface area contributed by atoms with Crippen molar-refractivity contribution in [2.45, 2.75) is 32.7 Å². The molecule has 0 saturated carbocycles. The predicted molar refractivity (Wildman–Crippen MR) is 92.5 cm³/mol. The normalized spacial score (nSPS) is 11.0. The van der Waals surface area contributed by atoms with E-state index < -0.39 is 0 Å². The van der Waals surface area contributed by atoms with Gasteiger partial charge in [0.1, 0.15) is 0 Å². The summed E-state index contributed by atoms with van der Waals surface area (Å²) in [6.07, 6.45) is 3.27. The molecule has 0 spiro atoms. The molecule has 3 heteroatoms. The zero-order valence-corrected chi connectivity index (χ0v) is 13.8. The molecule has 0 bridgehead atoms. The predicted octanol–water partition coefficient (Wildman–Crippen LogP) is 3.69. The fraction of sp³-hybridized carbons (Fsp3) is 0.300. The maximum Gasteiger partial charge on any atom is 0.257 e. The molecule has 0 aliphatic heterocycles. The van der Waals surface area contributed by atoms with Crippen molar-refractivity contribution in [2.75, 3.05) is 0 Å². The summed E-state index contributed by atoms with van der Waals surface area (Å²) in [6, 6.07) is 17.9. The van der Waals surface area contributed by atoms with Crippen LogP contribution >= 0.6 is 0 Å². The lowest BCUT2D eigenvalue weighted by molar-refractivity contribution is -0.654. The minimum atomic E-state index is 0.157. The van der Waals surface area contributed by atoms with Crippen molar-refractivity contribution in [1.82, 2.24) is 4.57 Å². The van der Waals surface area contributed by atoms with Gasteiger partial charge >= 0.3 is 0 Å². The van der Waals surface area contributed by atoms with Gasteiger partial charge in [-0.15, -0.1) is 0 Å². The molecule has 23 heavy (non-hydrogen) atoms. The van der Waals surface area contributed by atoms with Crippen LogP contribution in [0.4, 0.5) is 0 Å².